The van der Waals surface area contributed by atoms with E-state index in [9.17, 15) is 5.11 Å². The van der Waals surface area contributed by atoms with Crippen LogP contribution < -0.4 is 15.5 Å². The second-order valence-corrected chi connectivity index (χ2v) is 7.60. The van der Waals surface area contributed by atoms with Gasteiger partial charge >= 0.3 is 0 Å². The minimum atomic E-state index is -1.15. The Morgan fingerprint density at radius 3 is 2.75 bits per heavy atom. The number of benzene rings is 1. The van der Waals surface area contributed by atoms with Gasteiger partial charge < -0.3 is 25.1 Å². The van der Waals surface area contributed by atoms with Crippen molar-refractivity contribution in [3.8, 4) is 0 Å². The SMILES string of the molecule is CCNC(=NCC(C)(O)c1ccco1)NC(C)c1cccc(N2CCCC2)c1. The third-order valence-corrected chi connectivity index (χ3v) is 5.14. The molecule has 1 aliphatic rings. The molecule has 1 fully saturated rings. The summed E-state index contributed by atoms with van der Waals surface area (Å²) in [6.45, 7) is 9.09. The molecular weight excluding hydrogens is 352 g/mol. The molecule has 2 aromatic rings. The largest absolute Gasteiger partial charge is 0.466 e. The van der Waals surface area contributed by atoms with Crippen molar-refractivity contribution in [3.63, 3.8) is 0 Å². The summed E-state index contributed by atoms with van der Waals surface area (Å²) in [5, 5.41) is 17.3. The number of rotatable bonds is 7. The molecular formula is C22H32N4O2. The molecule has 6 heteroatoms. The molecule has 3 rings (SSSR count). The first-order valence-corrected chi connectivity index (χ1v) is 10.2. The Balaban J connectivity index is 1.68. The number of nitrogens with zero attached hydrogens (tertiary/aromatic N) is 2. The molecule has 0 radical (unpaired) electrons. The van der Waals surface area contributed by atoms with Gasteiger partial charge in [0.05, 0.1) is 18.8 Å². The number of anilines is 1. The summed E-state index contributed by atoms with van der Waals surface area (Å²) >= 11 is 0. The van der Waals surface area contributed by atoms with Crippen molar-refractivity contribution in [1.29, 1.82) is 0 Å². The molecule has 0 bridgehead atoms. The molecule has 0 aliphatic carbocycles. The van der Waals surface area contributed by atoms with Crippen LogP contribution >= 0.6 is 0 Å². The fourth-order valence-corrected chi connectivity index (χ4v) is 3.47. The van der Waals surface area contributed by atoms with Crippen molar-refractivity contribution >= 4 is 11.6 Å². The van der Waals surface area contributed by atoms with Gasteiger partial charge in [-0.2, -0.15) is 0 Å². The average Bonchev–Trinajstić information content (AvgIpc) is 3.40. The van der Waals surface area contributed by atoms with Gasteiger partial charge in [-0.15, -0.1) is 0 Å². The average molecular weight is 385 g/mol. The number of furan rings is 1. The predicted molar refractivity (Wildman–Crippen MR) is 114 cm³/mol. The number of guanidine groups is 1. The highest BCUT2D eigenvalue weighted by atomic mass is 16.4. The van der Waals surface area contributed by atoms with E-state index in [0.29, 0.717) is 11.7 Å². The Hall–Kier alpha value is -2.47. The zero-order valence-corrected chi connectivity index (χ0v) is 17.1. The van der Waals surface area contributed by atoms with E-state index in [-0.39, 0.29) is 12.6 Å². The van der Waals surface area contributed by atoms with Gasteiger partial charge in [0.2, 0.25) is 0 Å². The van der Waals surface area contributed by atoms with E-state index in [1.54, 1.807) is 25.3 Å². The van der Waals surface area contributed by atoms with Crippen LogP contribution in [0, 0.1) is 0 Å². The zero-order valence-electron chi connectivity index (χ0n) is 17.1. The summed E-state index contributed by atoms with van der Waals surface area (Å²) in [4.78, 5) is 7.02. The van der Waals surface area contributed by atoms with Crippen molar-refractivity contribution in [2.75, 3.05) is 31.1 Å². The van der Waals surface area contributed by atoms with E-state index in [0.717, 1.165) is 19.6 Å². The molecule has 152 valence electrons. The first kappa shape index (κ1) is 20.3. The molecule has 0 spiro atoms. The first-order valence-electron chi connectivity index (χ1n) is 10.2. The Bertz CT molecular complexity index is 765. The van der Waals surface area contributed by atoms with Crippen molar-refractivity contribution in [2.24, 2.45) is 4.99 Å². The van der Waals surface area contributed by atoms with Gasteiger partial charge in [-0.3, -0.25) is 0 Å². The van der Waals surface area contributed by atoms with E-state index in [1.165, 1.54) is 24.1 Å². The van der Waals surface area contributed by atoms with E-state index < -0.39 is 5.60 Å². The van der Waals surface area contributed by atoms with Crippen LogP contribution in [0.4, 0.5) is 5.69 Å². The predicted octanol–water partition coefficient (Wildman–Crippen LogP) is 3.40. The van der Waals surface area contributed by atoms with Crippen LogP contribution in [0.1, 0.15) is 51.0 Å². The fraction of sp³-hybridized carbons (Fsp3) is 0.500. The molecule has 1 aromatic heterocycles. The molecule has 2 atom stereocenters. The highest BCUT2D eigenvalue weighted by molar-refractivity contribution is 5.80. The van der Waals surface area contributed by atoms with Gasteiger partial charge in [0.1, 0.15) is 11.4 Å². The summed E-state index contributed by atoms with van der Waals surface area (Å²) in [5.74, 6) is 1.19. The summed E-state index contributed by atoms with van der Waals surface area (Å²) in [7, 11) is 0. The highest BCUT2D eigenvalue weighted by Crippen LogP contribution is 2.24. The molecule has 1 aromatic carbocycles. The van der Waals surface area contributed by atoms with E-state index in [1.807, 2.05) is 6.92 Å². The summed E-state index contributed by atoms with van der Waals surface area (Å²) in [5.41, 5.74) is 1.35. The van der Waals surface area contributed by atoms with Crippen molar-refractivity contribution in [3.05, 3.63) is 54.0 Å². The summed E-state index contributed by atoms with van der Waals surface area (Å²) in [6, 6.07) is 12.3. The van der Waals surface area contributed by atoms with Crippen molar-refractivity contribution < 1.29 is 9.52 Å². The van der Waals surface area contributed by atoms with Gasteiger partial charge in [-0.1, -0.05) is 12.1 Å². The van der Waals surface area contributed by atoms with E-state index in [4.69, 9.17) is 4.42 Å². The maximum Gasteiger partial charge on any atom is 0.191 e. The molecule has 6 nitrogen and oxygen atoms in total. The molecule has 3 N–H and O–H groups in total. The van der Waals surface area contributed by atoms with Gasteiger partial charge in [0.25, 0.3) is 0 Å². The fourth-order valence-electron chi connectivity index (χ4n) is 3.47. The van der Waals surface area contributed by atoms with Gasteiger partial charge in [-0.05, 0) is 63.4 Å². The first-order chi connectivity index (χ1) is 13.5. The van der Waals surface area contributed by atoms with Crippen LogP contribution in [0.5, 0.6) is 0 Å². The third-order valence-electron chi connectivity index (χ3n) is 5.14. The Kier molecular flexibility index (Phi) is 6.62. The van der Waals surface area contributed by atoms with Gasteiger partial charge in [-0.25, -0.2) is 4.99 Å². The van der Waals surface area contributed by atoms with E-state index in [2.05, 4.69) is 51.7 Å². The topological polar surface area (TPSA) is 73.0 Å². The maximum absolute atomic E-state index is 10.6. The smallest absolute Gasteiger partial charge is 0.191 e. The minimum Gasteiger partial charge on any atom is -0.466 e. The summed E-state index contributed by atoms with van der Waals surface area (Å²) in [6.07, 6.45) is 4.10. The lowest BCUT2D eigenvalue weighted by atomic mass is 10.0. The Morgan fingerprint density at radius 2 is 2.07 bits per heavy atom. The van der Waals surface area contributed by atoms with Gasteiger partial charge in [0, 0.05) is 25.3 Å². The standard InChI is InChI=1S/C22H32N4O2/c1-4-23-21(24-16-22(3,27)20-11-8-14-28-20)25-17(2)18-9-7-10-19(15-18)26-12-5-6-13-26/h7-11,14-15,17,27H,4-6,12-13,16H2,1-3H3,(H2,23,24,25). The number of hydrogen-bond donors (Lipinski definition) is 3. The van der Waals surface area contributed by atoms with Crippen molar-refractivity contribution in [1.82, 2.24) is 10.6 Å². The van der Waals surface area contributed by atoms with Crippen LogP contribution in [-0.2, 0) is 5.60 Å². The molecule has 0 amide bonds. The number of aliphatic hydroxyl groups is 1. The Labute approximate surface area is 167 Å². The van der Waals surface area contributed by atoms with Gasteiger partial charge in [0.15, 0.2) is 5.96 Å². The van der Waals surface area contributed by atoms with E-state index >= 15 is 0 Å². The molecule has 2 unspecified atom stereocenters. The zero-order chi connectivity index (χ0) is 20.0. The lowest BCUT2D eigenvalue weighted by Crippen LogP contribution is -2.40. The Morgan fingerprint density at radius 1 is 1.29 bits per heavy atom. The number of aliphatic imine (C=N–C) groups is 1. The second kappa shape index (κ2) is 9.15. The lowest BCUT2D eigenvalue weighted by molar-refractivity contribution is 0.0437. The monoisotopic (exact) mass is 384 g/mol. The lowest BCUT2D eigenvalue weighted by Gasteiger charge is -2.23. The number of nitrogens with one attached hydrogen (secondary N) is 2. The van der Waals surface area contributed by atoms with Crippen LogP contribution in [0.3, 0.4) is 0 Å². The normalized spacial score (nSPS) is 18.0. The third kappa shape index (κ3) is 5.07. The molecule has 28 heavy (non-hydrogen) atoms. The van der Waals surface area contributed by atoms with Crippen LogP contribution in [0.15, 0.2) is 52.1 Å². The highest BCUT2D eigenvalue weighted by Gasteiger charge is 2.26. The van der Waals surface area contributed by atoms with Crippen LogP contribution in [0.25, 0.3) is 0 Å². The quantitative estimate of drug-likeness (QED) is 0.504. The molecule has 1 saturated heterocycles. The molecule has 2 heterocycles. The molecule has 1 aliphatic heterocycles. The molecule has 0 saturated carbocycles. The maximum atomic E-state index is 10.6. The van der Waals surface area contributed by atoms with Crippen molar-refractivity contribution in [2.45, 2.75) is 45.3 Å². The van der Waals surface area contributed by atoms with Crippen LogP contribution in [-0.4, -0.2) is 37.2 Å². The minimum absolute atomic E-state index is 0.0916. The second-order valence-electron chi connectivity index (χ2n) is 7.60. The van der Waals surface area contributed by atoms with Crippen LogP contribution in [0.2, 0.25) is 0 Å². The summed E-state index contributed by atoms with van der Waals surface area (Å²) < 4.78 is 5.34. The number of hydrogen-bond acceptors (Lipinski definition) is 4.